The summed E-state index contributed by atoms with van der Waals surface area (Å²) in [5.74, 6) is 0. The molecule has 0 aliphatic carbocycles. The summed E-state index contributed by atoms with van der Waals surface area (Å²) in [6, 6.07) is 0. The Hall–Kier alpha value is -0.0800. The molecule has 0 amide bonds. The van der Waals surface area contributed by atoms with E-state index in [9.17, 15) is 0 Å². The molecule has 0 spiro atoms. The van der Waals surface area contributed by atoms with E-state index in [1.54, 1.807) is 7.11 Å². The Bertz CT molecular complexity index is 123. The molecule has 0 aromatic carbocycles. The zero-order chi connectivity index (χ0) is 13.3. The summed E-state index contributed by atoms with van der Waals surface area (Å²) in [6.45, 7) is 5.58. The van der Waals surface area contributed by atoms with Crippen LogP contribution in [0.5, 0.6) is 0 Å². The van der Waals surface area contributed by atoms with Gasteiger partial charge in [0.05, 0.1) is 0 Å². The molecule has 2 heteroatoms. The molecule has 2 nitrogen and oxygen atoms in total. The number of hydrogen-bond donors (Lipinski definition) is 1. The van der Waals surface area contributed by atoms with Crippen molar-refractivity contribution in [1.29, 1.82) is 0 Å². The Morgan fingerprint density at radius 3 is 1.72 bits per heavy atom. The van der Waals surface area contributed by atoms with Crippen LogP contribution in [0.3, 0.4) is 0 Å². The Balaban J connectivity index is 2.86. The fourth-order valence-corrected chi connectivity index (χ4v) is 2.18. The van der Waals surface area contributed by atoms with Gasteiger partial charge in [0, 0.05) is 13.7 Å². The van der Waals surface area contributed by atoms with Gasteiger partial charge in [0.2, 0.25) is 0 Å². The van der Waals surface area contributed by atoms with Crippen molar-refractivity contribution in [2.24, 2.45) is 0 Å². The number of ether oxygens (including phenoxy) is 1. The van der Waals surface area contributed by atoms with E-state index in [4.69, 9.17) is 4.74 Å². The van der Waals surface area contributed by atoms with Gasteiger partial charge in [-0.3, -0.25) is 0 Å². The highest BCUT2D eigenvalue weighted by molar-refractivity contribution is 4.51. The van der Waals surface area contributed by atoms with E-state index in [0.717, 1.165) is 6.61 Å². The number of unbranched alkanes of at least 4 members (excludes halogenated alkanes) is 9. The molecule has 0 atom stereocenters. The first-order valence-corrected chi connectivity index (χ1v) is 8.11. The largest absolute Gasteiger partial charge is 0.385 e. The first-order chi connectivity index (χ1) is 8.91. The highest BCUT2D eigenvalue weighted by atomic mass is 16.5. The van der Waals surface area contributed by atoms with E-state index in [0.29, 0.717) is 0 Å². The van der Waals surface area contributed by atoms with Crippen molar-refractivity contribution in [3.05, 3.63) is 0 Å². The highest BCUT2D eigenvalue weighted by Crippen LogP contribution is 2.07. The smallest absolute Gasteiger partial charge is 0.0462 e. The molecular weight excluding hydrogens is 222 g/mol. The molecule has 0 aliphatic heterocycles. The Morgan fingerprint density at radius 1 is 0.667 bits per heavy atom. The zero-order valence-electron chi connectivity index (χ0n) is 12.8. The normalized spacial score (nSPS) is 11.0. The van der Waals surface area contributed by atoms with Gasteiger partial charge in [-0.15, -0.1) is 0 Å². The van der Waals surface area contributed by atoms with Crippen LogP contribution in [-0.4, -0.2) is 26.8 Å². The monoisotopic (exact) mass is 257 g/mol. The molecule has 0 heterocycles. The molecule has 0 saturated heterocycles. The molecule has 0 aromatic heterocycles. The third kappa shape index (κ3) is 15.9. The van der Waals surface area contributed by atoms with Crippen LogP contribution in [0, 0.1) is 0 Å². The topological polar surface area (TPSA) is 21.3 Å². The number of rotatable bonds is 15. The molecule has 18 heavy (non-hydrogen) atoms. The molecule has 0 unspecified atom stereocenters. The van der Waals surface area contributed by atoms with Crippen LogP contribution >= 0.6 is 0 Å². The van der Waals surface area contributed by atoms with Gasteiger partial charge in [0.1, 0.15) is 0 Å². The Morgan fingerprint density at radius 2 is 1.17 bits per heavy atom. The van der Waals surface area contributed by atoms with Crippen LogP contribution in [0.4, 0.5) is 0 Å². The van der Waals surface area contributed by atoms with Crippen LogP contribution in [-0.2, 0) is 4.74 Å². The van der Waals surface area contributed by atoms with Gasteiger partial charge in [0.25, 0.3) is 0 Å². The van der Waals surface area contributed by atoms with Crippen LogP contribution in [0.15, 0.2) is 0 Å². The van der Waals surface area contributed by atoms with Crippen molar-refractivity contribution < 1.29 is 4.74 Å². The van der Waals surface area contributed by atoms with E-state index in [1.165, 1.54) is 83.7 Å². The van der Waals surface area contributed by atoms with Gasteiger partial charge in [-0.25, -0.2) is 0 Å². The average Bonchev–Trinajstić information content (AvgIpc) is 2.39. The van der Waals surface area contributed by atoms with Gasteiger partial charge in [-0.2, -0.15) is 0 Å². The van der Waals surface area contributed by atoms with Crippen molar-refractivity contribution in [3.63, 3.8) is 0 Å². The first-order valence-electron chi connectivity index (χ1n) is 8.11. The van der Waals surface area contributed by atoms with Gasteiger partial charge in [-0.1, -0.05) is 51.9 Å². The second-order valence-corrected chi connectivity index (χ2v) is 5.28. The fraction of sp³-hybridized carbons (Fsp3) is 1.00. The lowest BCUT2D eigenvalue weighted by Gasteiger charge is -2.05. The molecule has 0 saturated carbocycles. The molecular formula is C16H35NO. The first kappa shape index (κ1) is 17.9. The molecule has 0 aliphatic rings. The summed E-state index contributed by atoms with van der Waals surface area (Å²) in [6.07, 6.45) is 15.1. The lowest BCUT2D eigenvalue weighted by Crippen LogP contribution is -2.16. The summed E-state index contributed by atoms with van der Waals surface area (Å²) in [5.41, 5.74) is 0. The quantitative estimate of drug-likeness (QED) is 0.435. The van der Waals surface area contributed by atoms with Crippen molar-refractivity contribution >= 4 is 0 Å². The van der Waals surface area contributed by atoms with Crippen molar-refractivity contribution in [2.75, 3.05) is 26.8 Å². The number of methoxy groups -OCH3 is 1. The minimum atomic E-state index is 0.915. The van der Waals surface area contributed by atoms with Gasteiger partial charge >= 0.3 is 0 Å². The maximum atomic E-state index is 5.03. The van der Waals surface area contributed by atoms with Crippen LogP contribution in [0.25, 0.3) is 0 Å². The van der Waals surface area contributed by atoms with Crippen LogP contribution in [0.1, 0.15) is 77.6 Å². The minimum Gasteiger partial charge on any atom is -0.385 e. The summed E-state index contributed by atoms with van der Waals surface area (Å²) in [5, 5.41) is 3.53. The summed E-state index contributed by atoms with van der Waals surface area (Å²) in [7, 11) is 1.78. The average molecular weight is 257 g/mol. The highest BCUT2D eigenvalue weighted by Gasteiger charge is 1.92. The molecule has 0 rings (SSSR count). The standard InChI is InChI=1S/C16H35NO/c1-3-4-5-6-7-8-9-11-14-17-15-12-10-13-16-18-2/h17H,3-16H2,1-2H3. The van der Waals surface area contributed by atoms with Gasteiger partial charge < -0.3 is 10.1 Å². The zero-order valence-corrected chi connectivity index (χ0v) is 12.8. The molecule has 1 N–H and O–H groups in total. The van der Waals surface area contributed by atoms with Crippen LogP contribution in [0.2, 0.25) is 0 Å². The molecule has 0 aromatic rings. The van der Waals surface area contributed by atoms with Gasteiger partial charge in [-0.05, 0) is 38.8 Å². The fourth-order valence-electron chi connectivity index (χ4n) is 2.18. The van der Waals surface area contributed by atoms with E-state index in [-0.39, 0.29) is 0 Å². The molecule has 0 bridgehead atoms. The number of nitrogens with one attached hydrogen (secondary N) is 1. The Kier molecular flexibility index (Phi) is 16.8. The SMILES string of the molecule is CCCCCCCCCCNCCCCCOC. The predicted octanol–water partition coefficient (Wildman–Crippen LogP) is 4.53. The van der Waals surface area contributed by atoms with Gasteiger partial charge in [0.15, 0.2) is 0 Å². The lowest BCUT2D eigenvalue weighted by atomic mass is 10.1. The van der Waals surface area contributed by atoms with E-state index in [1.807, 2.05) is 0 Å². The summed E-state index contributed by atoms with van der Waals surface area (Å²) in [4.78, 5) is 0. The Labute approximate surface area is 115 Å². The predicted molar refractivity (Wildman–Crippen MR) is 81.2 cm³/mol. The van der Waals surface area contributed by atoms with E-state index >= 15 is 0 Å². The van der Waals surface area contributed by atoms with Crippen molar-refractivity contribution in [2.45, 2.75) is 77.6 Å². The molecule has 110 valence electrons. The van der Waals surface area contributed by atoms with Crippen LogP contribution < -0.4 is 5.32 Å². The number of hydrogen-bond acceptors (Lipinski definition) is 2. The maximum absolute atomic E-state index is 5.03. The summed E-state index contributed by atoms with van der Waals surface area (Å²) >= 11 is 0. The van der Waals surface area contributed by atoms with E-state index < -0.39 is 0 Å². The van der Waals surface area contributed by atoms with E-state index in [2.05, 4.69) is 12.2 Å². The maximum Gasteiger partial charge on any atom is 0.0462 e. The molecule has 0 fully saturated rings. The minimum absolute atomic E-state index is 0.915. The lowest BCUT2D eigenvalue weighted by molar-refractivity contribution is 0.192. The second kappa shape index (κ2) is 16.9. The third-order valence-corrected chi connectivity index (χ3v) is 3.41. The van der Waals surface area contributed by atoms with Crippen molar-refractivity contribution in [3.8, 4) is 0 Å². The van der Waals surface area contributed by atoms with Crippen molar-refractivity contribution in [1.82, 2.24) is 5.32 Å². The second-order valence-electron chi connectivity index (χ2n) is 5.28. The molecule has 0 radical (unpaired) electrons. The summed E-state index contributed by atoms with van der Waals surface area (Å²) < 4.78 is 5.03. The third-order valence-electron chi connectivity index (χ3n) is 3.41.